The summed E-state index contributed by atoms with van der Waals surface area (Å²) in [6, 6.07) is 1.93. The number of aliphatic hydroxyl groups is 1. The molecule has 96 valence electrons. The average molecular weight is 302 g/mol. The van der Waals surface area contributed by atoms with Crippen molar-refractivity contribution in [1.29, 1.82) is 0 Å². The third kappa shape index (κ3) is 4.60. The number of anilines is 1. The molecule has 0 saturated carbocycles. The maximum atomic E-state index is 8.88. The Morgan fingerprint density at radius 3 is 2.71 bits per heavy atom. The van der Waals surface area contributed by atoms with E-state index in [1.165, 1.54) is 0 Å². The van der Waals surface area contributed by atoms with Crippen LogP contribution in [0.5, 0.6) is 0 Å². The van der Waals surface area contributed by atoms with Crippen LogP contribution in [0.3, 0.4) is 0 Å². The Hall–Kier alpha value is -0.680. The lowest BCUT2D eigenvalue weighted by Crippen LogP contribution is -2.26. The monoisotopic (exact) mass is 301 g/mol. The van der Waals surface area contributed by atoms with Crippen LogP contribution in [0.25, 0.3) is 0 Å². The molecule has 0 aliphatic carbocycles. The van der Waals surface area contributed by atoms with Gasteiger partial charge in [-0.3, -0.25) is 0 Å². The molecule has 0 aromatic carbocycles. The Kier molecular flexibility index (Phi) is 6.44. The van der Waals surface area contributed by atoms with Crippen molar-refractivity contribution < 1.29 is 5.11 Å². The zero-order valence-electron chi connectivity index (χ0n) is 10.5. The third-order valence-corrected chi connectivity index (χ3v) is 2.90. The van der Waals surface area contributed by atoms with Gasteiger partial charge in [-0.05, 0) is 35.7 Å². The molecule has 0 fully saturated rings. The van der Waals surface area contributed by atoms with Gasteiger partial charge in [-0.2, -0.15) is 0 Å². The van der Waals surface area contributed by atoms with E-state index in [4.69, 9.17) is 5.11 Å². The van der Waals surface area contributed by atoms with Crippen molar-refractivity contribution in [2.75, 3.05) is 24.6 Å². The van der Waals surface area contributed by atoms with Gasteiger partial charge >= 0.3 is 0 Å². The molecule has 0 spiro atoms. The molecule has 0 saturated heterocycles. The van der Waals surface area contributed by atoms with Crippen molar-refractivity contribution in [3.05, 3.63) is 16.5 Å². The highest BCUT2D eigenvalue weighted by Crippen LogP contribution is 2.17. The first-order valence-corrected chi connectivity index (χ1v) is 6.89. The van der Waals surface area contributed by atoms with Gasteiger partial charge < -0.3 is 10.0 Å². The Morgan fingerprint density at radius 1 is 1.35 bits per heavy atom. The van der Waals surface area contributed by atoms with Gasteiger partial charge in [-0.15, -0.1) is 0 Å². The predicted molar refractivity (Wildman–Crippen MR) is 73.3 cm³/mol. The first-order valence-electron chi connectivity index (χ1n) is 6.10. The van der Waals surface area contributed by atoms with E-state index in [0.717, 1.165) is 48.6 Å². The lowest BCUT2D eigenvalue weighted by Gasteiger charge is -2.22. The van der Waals surface area contributed by atoms with Gasteiger partial charge in [-0.1, -0.05) is 6.92 Å². The molecule has 0 aliphatic rings. The van der Waals surface area contributed by atoms with Crippen molar-refractivity contribution in [3.8, 4) is 0 Å². The number of aryl methyl sites for hydroxylation is 1. The van der Waals surface area contributed by atoms with Crippen molar-refractivity contribution in [3.63, 3.8) is 0 Å². The minimum atomic E-state index is 0.213. The van der Waals surface area contributed by atoms with Crippen molar-refractivity contribution >= 4 is 21.7 Å². The Balaban J connectivity index is 2.85. The normalized spacial score (nSPS) is 10.6. The maximum absolute atomic E-state index is 8.88. The highest BCUT2D eigenvalue weighted by Gasteiger charge is 2.08. The van der Waals surface area contributed by atoms with Crippen molar-refractivity contribution in [2.45, 2.75) is 33.1 Å². The summed E-state index contributed by atoms with van der Waals surface area (Å²) in [5, 5.41) is 8.88. The second kappa shape index (κ2) is 7.61. The van der Waals surface area contributed by atoms with Crippen molar-refractivity contribution in [1.82, 2.24) is 9.97 Å². The van der Waals surface area contributed by atoms with E-state index in [0.29, 0.717) is 0 Å². The van der Waals surface area contributed by atoms with Crippen LogP contribution in [0.4, 0.5) is 5.82 Å². The number of nitrogens with zero attached hydrogens (tertiary/aromatic N) is 3. The summed E-state index contributed by atoms with van der Waals surface area (Å²) in [6.45, 7) is 6.13. The molecule has 0 bridgehead atoms. The molecule has 1 aromatic rings. The zero-order valence-corrected chi connectivity index (χ0v) is 12.1. The molecule has 1 N–H and O–H groups in total. The summed E-state index contributed by atoms with van der Waals surface area (Å²) >= 11 is 3.42. The van der Waals surface area contributed by atoms with E-state index in [1.807, 2.05) is 6.07 Å². The van der Waals surface area contributed by atoms with Crippen LogP contribution in [0.2, 0.25) is 0 Å². The van der Waals surface area contributed by atoms with Crippen LogP contribution in [0, 0.1) is 0 Å². The molecule has 0 atom stereocenters. The van der Waals surface area contributed by atoms with E-state index in [2.05, 4.69) is 44.6 Å². The SMILES string of the molecule is CCCc1nc(Br)cc(N(CC)CCCO)n1. The van der Waals surface area contributed by atoms with E-state index >= 15 is 0 Å². The summed E-state index contributed by atoms with van der Waals surface area (Å²) in [6.07, 6.45) is 2.70. The molecule has 0 unspecified atom stereocenters. The van der Waals surface area contributed by atoms with Crippen LogP contribution in [0.1, 0.15) is 32.5 Å². The standard InChI is InChI=1S/C12H20BrN3O/c1-3-6-11-14-10(13)9-12(15-11)16(4-2)7-5-8-17/h9,17H,3-8H2,1-2H3. The summed E-state index contributed by atoms with van der Waals surface area (Å²) in [4.78, 5) is 11.1. The number of hydrogen-bond donors (Lipinski definition) is 1. The summed E-state index contributed by atoms with van der Waals surface area (Å²) in [7, 11) is 0. The van der Waals surface area contributed by atoms with Gasteiger partial charge in [0.1, 0.15) is 16.2 Å². The average Bonchev–Trinajstić information content (AvgIpc) is 2.30. The molecule has 4 nitrogen and oxygen atoms in total. The molecular formula is C12H20BrN3O. The van der Waals surface area contributed by atoms with Gasteiger partial charge in [-0.25, -0.2) is 9.97 Å². The number of aromatic nitrogens is 2. The van der Waals surface area contributed by atoms with Gasteiger partial charge in [0.25, 0.3) is 0 Å². The van der Waals surface area contributed by atoms with Crippen LogP contribution < -0.4 is 4.90 Å². The summed E-state index contributed by atoms with van der Waals surface area (Å²) in [5.41, 5.74) is 0. The molecule has 1 aromatic heterocycles. The van der Waals surface area contributed by atoms with Crippen molar-refractivity contribution in [2.24, 2.45) is 0 Å². The number of aliphatic hydroxyl groups excluding tert-OH is 1. The fourth-order valence-corrected chi connectivity index (χ4v) is 2.05. The second-order valence-corrected chi connectivity index (χ2v) is 4.68. The first-order chi connectivity index (χ1) is 8.21. The third-order valence-electron chi connectivity index (χ3n) is 2.49. The smallest absolute Gasteiger partial charge is 0.133 e. The maximum Gasteiger partial charge on any atom is 0.133 e. The quantitative estimate of drug-likeness (QED) is 0.786. The summed E-state index contributed by atoms with van der Waals surface area (Å²) < 4.78 is 0.827. The van der Waals surface area contributed by atoms with E-state index in [9.17, 15) is 0 Å². The Bertz CT molecular complexity index is 347. The molecule has 0 amide bonds. The van der Waals surface area contributed by atoms with E-state index in [1.54, 1.807) is 0 Å². The minimum Gasteiger partial charge on any atom is -0.396 e. The van der Waals surface area contributed by atoms with Crippen LogP contribution in [-0.2, 0) is 6.42 Å². The largest absolute Gasteiger partial charge is 0.396 e. The molecule has 0 radical (unpaired) electrons. The molecule has 1 heterocycles. The first kappa shape index (κ1) is 14.4. The number of halogens is 1. The van der Waals surface area contributed by atoms with E-state index in [-0.39, 0.29) is 6.61 Å². The predicted octanol–water partition coefficient (Wildman–Crippen LogP) is 2.40. The summed E-state index contributed by atoms with van der Waals surface area (Å²) in [5.74, 6) is 1.81. The lowest BCUT2D eigenvalue weighted by atomic mass is 10.3. The second-order valence-electron chi connectivity index (χ2n) is 3.87. The fraction of sp³-hybridized carbons (Fsp3) is 0.667. The van der Waals surface area contributed by atoms with Crippen LogP contribution in [-0.4, -0.2) is 34.8 Å². The van der Waals surface area contributed by atoms with Gasteiger partial charge in [0.15, 0.2) is 0 Å². The van der Waals surface area contributed by atoms with E-state index < -0.39 is 0 Å². The number of rotatable bonds is 7. The van der Waals surface area contributed by atoms with Gasteiger partial charge in [0.05, 0.1) is 0 Å². The fourth-order valence-electron chi connectivity index (χ4n) is 1.65. The lowest BCUT2D eigenvalue weighted by molar-refractivity contribution is 0.289. The topological polar surface area (TPSA) is 49.2 Å². The number of hydrogen-bond acceptors (Lipinski definition) is 4. The Labute approximate surface area is 111 Å². The highest BCUT2D eigenvalue weighted by atomic mass is 79.9. The van der Waals surface area contributed by atoms with Gasteiger partial charge in [0.2, 0.25) is 0 Å². The molecule has 5 heteroatoms. The Morgan fingerprint density at radius 2 is 2.12 bits per heavy atom. The highest BCUT2D eigenvalue weighted by molar-refractivity contribution is 9.10. The molecule has 0 aliphatic heterocycles. The zero-order chi connectivity index (χ0) is 12.7. The van der Waals surface area contributed by atoms with Crippen LogP contribution >= 0.6 is 15.9 Å². The molecular weight excluding hydrogens is 282 g/mol. The van der Waals surface area contributed by atoms with Gasteiger partial charge in [0, 0.05) is 32.2 Å². The molecule has 17 heavy (non-hydrogen) atoms. The molecule has 1 rings (SSSR count). The van der Waals surface area contributed by atoms with Crippen LogP contribution in [0.15, 0.2) is 10.7 Å². The minimum absolute atomic E-state index is 0.213.